The number of carbonyl (C=O) groups is 2. The Morgan fingerprint density at radius 3 is 2.71 bits per heavy atom. The largest absolute Gasteiger partial charge is 0.465 e. The summed E-state index contributed by atoms with van der Waals surface area (Å²) < 4.78 is 1.98. The predicted molar refractivity (Wildman–Crippen MR) is 82.3 cm³/mol. The van der Waals surface area contributed by atoms with Crippen LogP contribution in [0.25, 0.3) is 10.9 Å². The van der Waals surface area contributed by atoms with Crippen LogP contribution >= 0.6 is 11.6 Å². The number of hydrogen-bond acceptors (Lipinski definition) is 2. The molecule has 0 aliphatic heterocycles. The van der Waals surface area contributed by atoms with Crippen molar-refractivity contribution in [2.45, 2.75) is 13.3 Å². The Hall–Kier alpha value is -2.01. The number of aryl methyl sites for hydroxylation is 1. The number of carbonyl (C=O) groups excluding carboxylic acids is 1. The number of halogens is 1. The van der Waals surface area contributed by atoms with Crippen molar-refractivity contribution in [2.75, 3.05) is 13.1 Å². The van der Waals surface area contributed by atoms with E-state index in [1.165, 1.54) is 4.90 Å². The first kappa shape index (κ1) is 15.4. The van der Waals surface area contributed by atoms with Crippen LogP contribution < -0.4 is 0 Å². The number of fused-ring (bicyclic) bond motifs is 1. The molecule has 21 heavy (non-hydrogen) atoms. The van der Waals surface area contributed by atoms with E-state index in [1.54, 1.807) is 12.1 Å². The van der Waals surface area contributed by atoms with Gasteiger partial charge in [0.05, 0.1) is 5.02 Å². The Kier molecular flexibility index (Phi) is 4.53. The fraction of sp³-hybridized carbons (Fsp3) is 0.333. The molecule has 1 N–H and O–H groups in total. The van der Waals surface area contributed by atoms with E-state index in [4.69, 9.17) is 16.7 Å². The van der Waals surface area contributed by atoms with Crippen molar-refractivity contribution < 1.29 is 14.7 Å². The lowest BCUT2D eigenvalue weighted by molar-refractivity contribution is 0.112. The zero-order valence-electron chi connectivity index (χ0n) is 12.0. The summed E-state index contributed by atoms with van der Waals surface area (Å²) in [6.45, 7) is 2.70. The molecular weight excluding hydrogens is 292 g/mol. The highest BCUT2D eigenvalue weighted by molar-refractivity contribution is 6.33. The maximum Gasteiger partial charge on any atom is 0.407 e. The van der Waals surface area contributed by atoms with Gasteiger partial charge in [-0.15, -0.1) is 0 Å². The van der Waals surface area contributed by atoms with Gasteiger partial charge in [-0.3, -0.25) is 4.79 Å². The van der Waals surface area contributed by atoms with Crippen molar-refractivity contribution in [1.29, 1.82) is 0 Å². The molecule has 2 aromatic rings. The van der Waals surface area contributed by atoms with E-state index in [2.05, 4.69) is 0 Å². The number of nitrogens with zero attached hydrogens (tertiary/aromatic N) is 2. The minimum atomic E-state index is -0.914. The monoisotopic (exact) mass is 308 g/mol. The average Bonchev–Trinajstić information content (AvgIpc) is 2.75. The molecule has 0 radical (unpaired) electrons. The number of hydrogen-bond donors (Lipinski definition) is 1. The SMILES string of the molecule is CCN(CCc1cc2cc(C=O)c(Cl)cc2n1C)C(=O)O. The molecule has 0 saturated heterocycles. The van der Waals surface area contributed by atoms with Crippen LogP contribution in [-0.2, 0) is 13.5 Å². The molecule has 0 bridgehead atoms. The van der Waals surface area contributed by atoms with E-state index in [0.717, 1.165) is 22.9 Å². The number of aldehydes is 1. The molecular formula is C15H17ClN2O3. The molecule has 1 aromatic carbocycles. The van der Waals surface area contributed by atoms with E-state index >= 15 is 0 Å². The van der Waals surface area contributed by atoms with Gasteiger partial charge in [0.2, 0.25) is 0 Å². The van der Waals surface area contributed by atoms with Crippen LogP contribution in [0, 0.1) is 0 Å². The van der Waals surface area contributed by atoms with Crippen LogP contribution in [0.15, 0.2) is 18.2 Å². The summed E-state index contributed by atoms with van der Waals surface area (Å²) in [5.41, 5.74) is 2.39. The van der Waals surface area contributed by atoms with Gasteiger partial charge in [0.15, 0.2) is 6.29 Å². The summed E-state index contributed by atoms with van der Waals surface area (Å²) >= 11 is 6.05. The summed E-state index contributed by atoms with van der Waals surface area (Å²) in [5.74, 6) is 0. The minimum absolute atomic E-state index is 0.422. The van der Waals surface area contributed by atoms with Crippen molar-refractivity contribution in [2.24, 2.45) is 7.05 Å². The highest BCUT2D eigenvalue weighted by atomic mass is 35.5. The van der Waals surface area contributed by atoms with Crippen molar-refractivity contribution in [3.05, 3.63) is 34.5 Å². The van der Waals surface area contributed by atoms with Crippen LogP contribution in [0.5, 0.6) is 0 Å². The van der Waals surface area contributed by atoms with Crippen LogP contribution in [0.3, 0.4) is 0 Å². The Balaban J connectivity index is 2.31. The molecule has 0 saturated carbocycles. The maximum absolute atomic E-state index is 11.0. The second kappa shape index (κ2) is 6.18. The van der Waals surface area contributed by atoms with E-state index in [9.17, 15) is 9.59 Å². The molecule has 0 unspecified atom stereocenters. The molecule has 0 aliphatic rings. The standard InChI is InChI=1S/C15H17ClN2O3/c1-3-18(15(20)21)5-4-12-7-10-6-11(9-19)13(16)8-14(10)17(12)2/h6-9H,3-5H2,1-2H3,(H,20,21). The van der Waals surface area contributed by atoms with Crippen LogP contribution in [0.2, 0.25) is 5.02 Å². The summed E-state index contributed by atoms with van der Waals surface area (Å²) in [6.07, 6.45) is 0.430. The first-order valence-corrected chi connectivity index (χ1v) is 7.06. The van der Waals surface area contributed by atoms with Gasteiger partial charge in [0.25, 0.3) is 0 Å². The third kappa shape index (κ3) is 3.03. The zero-order valence-corrected chi connectivity index (χ0v) is 12.7. The Morgan fingerprint density at radius 1 is 1.43 bits per heavy atom. The lowest BCUT2D eigenvalue weighted by Gasteiger charge is -2.16. The molecule has 1 amide bonds. The third-order valence-electron chi connectivity index (χ3n) is 3.68. The second-order valence-corrected chi connectivity index (χ2v) is 5.26. The van der Waals surface area contributed by atoms with Crippen LogP contribution in [0.4, 0.5) is 4.79 Å². The number of benzene rings is 1. The molecule has 0 spiro atoms. The minimum Gasteiger partial charge on any atom is -0.465 e. The fourth-order valence-electron chi connectivity index (χ4n) is 2.40. The zero-order chi connectivity index (χ0) is 15.6. The van der Waals surface area contributed by atoms with Gasteiger partial charge in [0, 0.05) is 48.7 Å². The summed E-state index contributed by atoms with van der Waals surface area (Å²) in [7, 11) is 1.91. The molecule has 2 rings (SSSR count). The average molecular weight is 309 g/mol. The van der Waals surface area contributed by atoms with Gasteiger partial charge < -0.3 is 14.6 Å². The van der Waals surface area contributed by atoms with Crippen LogP contribution in [0.1, 0.15) is 23.0 Å². The maximum atomic E-state index is 11.0. The van der Waals surface area contributed by atoms with Gasteiger partial charge in [-0.25, -0.2) is 4.79 Å². The Labute approximate surface area is 127 Å². The van der Waals surface area contributed by atoms with E-state index in [1.807, 2.05) is 24.6 Å². The van der Waals surface area contributed by atoms with E-state index in [-0.39, 0.29) is 0 Å². The number of likely N-dealkylation sites (N-methyl/N-ethyl adjacent to an activating group) is 1. The van der Waals surface area contributed by atoms with Gasteiger partial charge >= 0.3 is 6.09 Å². The highest BCUT2D eigenvalue weighted by Gasteiger charge is 2.13. The van der Waals surface area contributed by atoms with Gasteiger partial charge in [-0.2, -0.15) is 0 Å². The molecule has 6 heteroatoms. The summed E-state index contributed by atoms with van der Waals surface area (Å²) in [6, 6.07) is 5.48. The number of aromatic nitrogens is 1. The third-order valence-corrected chi connectivity index (χ3v) is 4.00. The highest BCUT2D eigenvalue weighted by Crippen LogP contribution is 2.26. The first-order chi connectivity index (χ1) is 9.97. The molecule has 0 atom stereocenters. The molecule has 112 valence electrons. The van der Waals surface area contributed by atoms with Crippen molar-refractivity contribution in [3.8, 4) is 0 Å². The normalized spacial score (nSPS) is 10.8. The van der Waals surface area contributed by atoms with Crippen molar-refractivity contribution in [3.63, 3.8) is 0 Å². The molecule has 1 heterocycles. The Morgan fingerprint density at radius 2 is 2.14 bits per heavy atom. The smallest absolute Gasteiger partial charge is 0.407 e. The summed E-state index contributed by atoms with van der Waals surface area (Å²) in [5, 5.41) is 10.4. The molecule has 0 aliphatic carbocycles. The lowest BCUT2D eigenvalue weighted by Crippen LogP contribution is -2.31. The van der Waals surface area contributed by atoms with Crippen molar-refractivity contribution >= 4 is 34.9 Å². The molecule has 0 fully saturated rings. The first-order valence-electron chi connectivity index (χ1n) is 6.68. The fourth-order valence-corrected chi connectivity index (χ4v) is 2.61. The summed E-state index contributed by atoms with van der Waals surface area (Å²) in [4.78, 5) is 23.3. The topological polar surface area (TPSA) is 62.5 Å². The van der Waals surface area contributed by atoms with Gasteiger partial charge in [0.1, 0.15) is 0 Å². The van der Waals surface area contributed by atoms with Crippen LogP contribution in [-0.4, -0.2) is 40.0 Å². The van der Waals surface area contributed by atoms with Crippen molar-refractivity contribution in [1.82, 2.24) is 9.47 Å². The number of carboxylic acid groups (broad SMARTS) is 1. The Bertz CT molecular complexity index is 694. The predicted octanol–water partition coefficient (Wildman–Crippen LogP) is 3.19. The van der Waals surface area contributed by atoms with E-state index in [0.29, 0.717) is 30.1 Å². The quantitative estimate of drug-likeness (QED) is 0.863. The lowest BCUT2D eigenvalue weighted by atomic mass is 10.1. The second-order valence-electron chi connectivity index (χ2n) is 4.86. The van der Waals surface area contributed by atoms with E-state index < -0.39 is 6.09 Å². The number of amides is 1. The van der Waals surface area contributed by atoms with Gasteiger partial charge in [-0.05, 0) is 25.1 Å². The molecule has 1 aromatic heterocycles. The molecule has 5 nitrogen and oxygen atoms in total. The number of rotatable bonds is 5. The van der Waals surface area contributed by atoms with Gasteiger partial charge in [-0.1, -0.05) is 11.6 Å².